The minimum Gasteiger partial charge on any atom is -0.313 e. The first-order valence-electron chi connectivity index (χ1n) is 6.85. The molecule has 1 aromatic rings. The van der Waals surface area contributed by atoms with Gasteiger partial charge in [-0.3, -0.25) is 0 Å². The second-order valence-electron chi connectivity index (χ2n) is 4.65. The second-order valence-corrected chi connectivity index (χ2v) is 5.06. The van der Waals surface area contributed by atoms with Crippen LogP contribution in [0.15, 0.2) is 18.2 Å². The summed E-state index contributed by atoms with van der Waals surface area (Å²) in [4.78, 5) is 2.44. The Labute approximate surface area is 116 Å². The number of benzene rings is 1. The number of nitrogens with one attached hydrogen (secondary N) is 1. The van der Waals surface area contributed by atoms with Crippen molar-refractivity contribution in [2.75, 3.05) is 26.2 Å². The molecule has 0 spiro atoms. The summed E-state index contributed by atoms with van der Waals surface area (Å²) in [5.74, 6) is 0. The van der Waals surface area contributed by atoms with Gasteiger partial charge in [-0.2, -0.15) is 0 Å². The van der Waals surface area contributed by atoms with Gasteiger partial charge in [0.15, 0.2) is 0 Å². The van der Waals surface area contributed by atoms with Crippen LogP contribution in [0.3, 0.4) is 0 Å². The monoisotopic (exact) mass is 268 g/mol. The Kier molecular flexibility index (Phi) is 7.33. The van der Waals surface area contributed by atoms with Crippen LogP contribution in [0.5, 0.6) is 0 Å². The molecule has 0 aromatic heterocycles. The lowest BCUT2D eigenvalue weighted by molar-refractivity contribution is 0.298. The number of hydrogen-bond donors (Lipinski definition) is 1. The third kappa shape index (κ3) is 5.38. The van der Waals surface area contributed by atoms with Crippen molar-refractivity contribution in [2.45, 2.75) is 33.7 Å². The minimum atomic E-state index is 0.858. The molecule has 1 rings (SSSR count). The fourth-order valence-electron chi connectivity index (χ4n) is 1.99. The van der Waals surface area contributed by atoms with Crippen molar-refractivity contribution in [2.24, 2.45) is 0 Å². The van der Waals surface area contributed by atoms with Gasteiger partial charge in [0, 0.05) is 11.6 Å². The third-order valence-electron chi connectivity index (χ3n) is 3.25. The number of nitrogens with zero attached hydrogens (tertiary/aromatic N) is 1. The normalized spacial score (nSPS) is 11.2. The molecule has 18 heavy (non-hydrogen) atoms. The van der Waals surface area contributed by atoms with Crippen LogP contribution in [0.1, 0.15) is 31.4 Å². The summed E-state index contributed by atoms with van der Waals surface area (Å²) in [6.45, 7) is 11.8. The first kappa shape index (κ1) is 15.5. The standard InChI is InChI=1S/C15H25ClN2/c1-4-18(5-2)10-6-9-17-12-14-8-7-13(3)11-15(14)16/h7-8,11,17H,4-6,9-10,12H2,1-3H3. The Hall–Kier alpha value is -0.570. The van der Waals surface area contributed by atoms with Crippen molar-refractivity contribution in [3.8, 4) is 0 Å². The van der Waals surface area contributed by atoms with Gasteiger partial charge in [0.1, 0.15) is 0 Å². The predicted molar refractivity (Wildman–Crippen MR) is 80.3 cm³/mol. The van der Waals surface area contributed by atoms with E-state index in [2.05, 4.69) is 43.1 Å². The molecule has 0 aliphatic carbocycles. The van der Waals surface area contributed by atoms with E-state index < -0.39 is 0 Å². The van der Waals surface area contributed by atoms with Crippen molar-refractivity contribution in [1.82, 2.24) is 10.2 Å². The van der Waals surface area contributed by atoms with E-state index in [-0.39, 0.29) is 0 Å². The lowest BCUT2D eigenvalue weighted by Gasteiger charge is -2.17. The molecule has 0 aliphatic heterocycles. The van der Waals surface area contributed by atoms with Crippen LogP contribution in [0.25, 0.3) is 0 Å². The first-order chi connectivity index (χ1) is 8.67. The van der Waals surface area contributed by atoms with Crippen LogP contribution in [0.4, 0.5) is 0 Å². The molecule has 102 valence electrons. The summed E-state index contributed by atoms with van der Waals surface area (Å²) in [6, 6.07) is 6.24. The van der Waals surface area contributed by atoms with Gasteiger partial charge >= 0.3 is 0 Å². The summed E-state index contributed by atoms with van der Waals surface area (Å²) in [5, 5.41) is 4.32. The van der Waals surface area contributed by atoms with Crippen LogP contribution in [0.2, 0.25) is 5.02 Å². The van der Waals surface area contributed by atoms with Gasteiger partial charge in [-0.25, -0.2) is 0 Å². The molecular weight excluding hydrogens is 244 g/mol. The Morgan fingerprint density at radius 1 is 1.22 bits per heavy atom. The highest BCUT2D eigenvalue weighted by Gasteiger charge is 2.01. The summed E-state index contributed by atoms with van der Waals surface area (Å²) < 4.78 is 0. The molecule has 0 fully saturated rings. The summed E-state index contributed by atoms with van der Waals surface area (Å²) in [6.07, 6.45) is 1.19. The topological polar surface area (TPSA) is 15.3 Å². The molecule has 1 aromatic carbocycles. The van der Waals surface area contributed by atoms with Gasteiger partial charge < -0.3 is 10.2 Å². The third-order valence-corrected chi connectivity index (χ3v) is 3.60. The second kappa shape index (κ2) is 8.52. The molecule has 0 radical (unpaired) electrons. The van der Waals surface area contributed by atoms with E-state index in [1.165, 1.54) is 24.1 Å². The molecule has 0 bridgehead atoms. The smallest absolute Gasteiger partial charge is 0.0453 e. The van der Waals surface area contributed by atoms with E-state index in [4.69, 9.17) is 11.6 Å². The average molecular weight is 269 g/mol. The Balaban J connectivity index is 2.21. The highest BCUT2D eigenvalue weighted by molar-refractivity contribution is 6.31. The number of rotatable bonds is 8. The highest BCUT2D eigenvalue weighted by Crippen LogP contribution is 2.17. The lowest BCUT2D eigenvalue weighted by atomic mass is 10.1. The molecule has 1 N–H and O–H groups in total. The summed E-state index contributed by atoms with van der Waals surface area (Å²) in [7, 11) is 0. The summed E-state index contributed by atoms with van der Waals surface area (Å²) in [5.41, 5.74) is 2.40. The molecule has 0 saturated heterocycles. The Bertz CT molecular complexity index is 348. The van der Waals surface area contributed by atoms with E-state index >= 15 is 0 Å². The van der Waals surface area contributed by atoms with Crippen molar-refractivity contribution >= 4 is 11.6 Å². The zero-order chi connectivity index (χ0) is 13.4. The van der Waals surface area contributed by atoms with E-state index in [9.17, 15) is 0 Å². The van der Waals surface area contributed by atoms with Crippen LogP contribution in [-0.2, 0) is 6.54 Å². The molecule has 3 heteroatoms. The van der Waals surface area contributed by atoms with E-state index in [0.29, 0.717) is 0 Å². The maximum absolute atomic E-state index is 6.19. The van der Waals surface area contributed by atoms with E-state index in [1.807, 2.05) is 6.07 Å². The lowest BCUT2D eigenvalue weighted by Crippen LogP contribution is -2.27. The van der Waals surface area contributed by atoms with Gasteiger partial charge in [-0.1, -0.05) is 37.6 Å². The molecular formula is C15H25ClN2. The fraction of sp³-hybridized carbons (Fsp3) is 0.600. The van der Waals surface area contributed by atoms with Crippen molar-refractivity contribution < 1.29 is 0 Å². The minimum absolute atomic E-state index is 0.858. The number of aryl methyl sites for hydroxylation is 1. The molecule has 0 unspecified atom stereocenters. The zero-order valence-corrected chi connectivity index (χ0v) is 12.6. The zero-order valence-electron chi connectivity index (χ0n) is 11.8. The predicted octanol–water partition coefficient (Wildman–Crippen LogP) is 3.47. The van der Waals surface area contributed by atoms with Crippen LogP contribution >= 0.6 is 11.6 Å². The SMILES string of the molecule is CCN(CC)CCCNCc1ccc(C)cc1Cl. The van der Waals surface area contributed by atoms with Gasteiger partial charge in [0.25, 0.3) is 0 Å². The van der Waals surface area contributed by atoms with Crippen molar-refractivity contribution in [3.05, 3.63) is 34.3 Å². The molecule has 0 amide bonds. The first-order valence-corrected chi connectivity index (χ1v) is 7.23. The average Bonchev–Trinajstić information content (AvgIpc) is 2.36. The quantitative estimate of drug-likeness (QED) is 0.727. The molecule has 0 saturated carbocycles. The molecule has 0 atom stereocenters. The van der Waals surface area contributed by atoms with Gasteiger partial charge in [-0.15, -0.1) is 0 Å². The van der Waals surface area contributed by atoms with Gasteiger partial charge in [0.05, 0.1) is 0 Å². The van der Waals surface area contributed by atoms with Gasteiger partial charge in [0.2, 0.25) is 0 Å². The van der Waals surface area contributed by atoms with Crippen molar-refractivity contribution in [1.29, 1.82) is 0 Å². The maximum atomic E-state index is 6.19. The fourth-order valence-corrected chi connectivity index (χ4v) is 2.29. The van der Waals surface area contributed by atoms with Crippen LogP contribution in [0, 0.1) is 6.92 Å². The molecule has 0 heterocycles. The largest absolute Gasteiger partial charge is 0.313 e. The van der Waals surface area contributed by atoms with Crippen LogP contribution < -0.4 is 5.32 Å². The summed E-state index contributed by atoms with van der Waals surface area (Å²) >= 11 is 6.19. The maximum Gasteiger partial charge on any atom is 0.0453 e. The molecule has 2 nitrogen and oxygen atoms in total. The van der Waals surface area contributed by atoms with E-state index in [0.717, 1.165) is 31.2 Å². The van der Waals surface area contributed by atoms with Crippen LogP contribution in [-0.4, -0.2) is 31.1 Å². The number of halogens is 1. The van der Waals surface area contributed by atoms with Gasteiger partial charge in [-0.05, 0) is 56.7 Å². The van der Waals surface area contributed by atoms with Crippen molar-refractivity contribution in [3.63, 3.8) is 0 Å². The molecule has 0 aliphatic rings. The Morgan fingerprint density at radius 3 is 2.56 bits per heavy atom. The number of hydrogen-bond acceptors (Lipinski definition) is 2. The Morgan fingerprint density at radius 2 is 1.94 bits per heavy atom. The highest BCUT2D eigenvalue weighted by atomic mass is 35.5. The van der Waals surface area contributed by atoms with E-state index in [1.54, 1.807) is 0 Å².